The van der Waals surface area contributed by atoms with Gasteiger partial charge in [0.25, 0.3) is 5.91 Å². The van der Waals surface area contributed by atoms with Crippen molar-refractivity contribution in [2.45, 2.75) is 13.5 Å². The van der Waals surface area contributed by atoms with Crippen molar-refractivity contribution in [1.29, 1.82) is 0 Å². The summed E-state index contributed by atoms with van der Waals surface area (Å²) >= 11 is 0. The average Bonchev–Trinajstić information content (AvgIpc) is 2.66. The van der Waals surface area contributed by atoms with E-state index >= 15 is 0 Å². The Kier molecular flexibility index (Phi) is 6.68. The number of hydrogen-bond donors (Lipinski definition) is 2. The normalized spacial score (nSPS) is 11.8. The molecular weight excluding hydrogens is 330 g/mol. The molecule has 0 radical (unpaired) electrons. The maximum Gasteiger partial charge on any atom is 0.274 e. The lowest BCUT2D eigenvalue weighted by Crippen LogP contribution is -2.30. The van der Waals surface area contributed by atoms with Crippen LogP contribution in [-0.4, -0.2) is 35.1 Å². The van der Waals surface area contributed by atoms with Gasteiger partial charge >= 0.3 is 0 Å². The first-order valence-electron chi connectivity index (χ1n) is 8.08. The number of hydrogen-bond acceptors (Lipinski definition) is 5. The largest absolute Gasteiger partial charge is 0.511 e. The van der Waals surface area contributed by atoms with Crippen LogP contribution in [0.2, 0.25) is 0 Å². The van der Waals surface area contributed by atoms with Crippen LogP contribution in [0.3, 0.4) is 0 Å². The lowest BCUT2D eigenvalue weighted by molar-refractivity contribution is -0.115. The zero-order chi connectivity index (χ0) is 18.9. The second-order valence-electron chi connectivity index (χ2n) is 5.57. The van der Waals surface area contributed by atoms with Crippen molar-refractivity contribution >= 4 is 17.9 Å². The maximum atomic E-state index is 11.7. The highest BCUT2D eigenvalue weighted by Crippen LogP contribution is 2.24. The first-order valence-corrected chi connectivity index (χ1v) is 8.08. The highest BCUT2D eigenvalue weighted by Gasteiger charge is 2.13. The molecule has 0 bridgehead atoms. The number of aliphatic hydroxyl groups excluding tert-OH is 1. The average molecular weight is 351 g/mol. The molecule has 0 saturated heterocycles. The summed E-state index contributed by atoms with van der Waals surface area (Å²) in [5.74, 6) is -0.585. The predicted octanol–water partition coefficient (Wildman–Crippen LogP) is 2.88. The third-order valence-corrected chi connectivity index (χ3v) is 3.58. The van der Waals surface area contributed by atoms with Crippen molar-refractivity contribution in [3.63, 3.8) is 0 Å². The van der Waals surface area contributed by atoms with Gasteiger partial charge in [-0.2, -0.15) is 5.10 Å². The van der Waals surface area contributed by atoms with Gasteiger partial charge in [-0.1, -0.05) is 54.6 Å². The van der Waals surface area contributed by atoms with Crippen LogP contribution >= 0.6 is 0 Å². The number of aldehydes is 1. The van der Waals surface area contributed by atoms with Gasteiger partial charge in [0.1, 0.15) is 5.76 Å². The smallest absolute Gasteiger partial charge is 0.274 e. The molecule has 0 aliphatic carbocycles. The first-order chi connectivity index (χ1) is 12.5. The molecule has 26 heavy (non-hydrogen) atoms. The van der Waals surface area contributed by atoms with E-state index in [0.717, 1.165) is 16.7 Å². The van der Waals surface area contributed by atoms with E-state index in [0.29, 0.717) is 6.29 Å². The number of benzene rings is 2. The molecule has 0 heterocycles. The maximum absolute atomic E-state index is 11.7. The third-order valence-electron chi connectivity index (χ3n) is 3.58. The van der Waals surface area contributed by atoms with Gasteiger partial charge in [0, 0.05) is 7.05 Å². The molecule has 6 heteroatoms. The quantitative estimate of drug-likeness (QED) is 0.264. The Hall–Kier alpha value is -3.41. The SMILES string of the molecule is CNC(=O)/C(C=O)=N/N(/C=C(\C)O)Cc1ccccc1-c1ccccc1. The Labute approximate surface area is 152 Å². The zero-order valence-corrected chi connectivity index (χ0v) is 14.7. The summed E-state index contributed by atoms with van der Waals surface area (Å²) in [6, 6.07) is 17.6. The van der Waals surface area contributed by atoms with Crippen molar-refractivity contribution in [2.24, 2.45) is 5.10 Å². The Morgan fingerprint density at radius 1 is 1.15 bits per heavy atom. The summed E-state index contributed by atoms with van der Waals surface area (Å²) in [6.45, 7) is 1.77. The molecule has 2 N–H and O–H groups in total. The van der Waals surface area contributed by atoms with Gasteiger partial charge in [0.15, 0.2) is 12.0 Å². The summed E-state index contributed by atoms with van der Waals surface area (Å²) in [4.78, 5) is 22.9. The number of nitrogens with zero attached hydrogens (tertiary/aromatic N) is 2. The summed E-state index contributed by atoms with van der Waals surface area (Å²) in [6.07, 6.45) is 1.75. The van der Waals surface area contributed by atoms with E-state index in [1.165, 1.54) is 25.2 Å². The molecule has 0 fully saturated rings. The molecule has 0 unspecified atom stereocenters. The van der Waals surface area contributed by atoms with Gasteiger partial charge in [-0.25, -0.2) is 0 Å². The minimum absolute atomic E-state index is 0.00750. The fourth-order valence-electron chi connectivity index (χ4n) is 2.45. The van der Waals surface area contributed by atoms with Gasteiger partial charge in [0.05, 0.1) is 12.7 Å². The monoisotopic (exact) mass is 351 g/mol. The standard InChI is InChI=1S/C20H21N3O3/c1-15(25)12-23(22-19(14-24)20(26)21-2)13-17-10-6-7-11-18(17)16-8-4-3-5-9-16/h3-12,14,25H,13H2,1-2H3,(H,21,26)/b15-12+,22-19+. The molecular formula is C20H21N3O3. The zero-order valence-electron chi connectivity index (χ0n) is 14.7. The Balaban J connectivity index is 2.42. The van der Waals surface area contributed by atoms with Crippen LogP contribution in [0.1, 0.15) is 12.5 Å². The Morgan fingerprint density at radius 2 is 1.81 bits per heavy atom. The highest BCUT2D eigenvalue weighted by molar-refractivity contribution is 6.59. The second kappa shape index (κ2) is 9.17. The molecule has 1 amide bonds. The number of rotatable bonds is 7. The molecule has 6 nitrogen and oxygen atoms in total. The Morgan fingerprint density at radius 3 is 2.42 bits per heavy atom. The van der Waals surface area contributed by atoms with E-state index in [-0.39, 0.29) is 18.0 Å². The third kappa shape index (κ3) is 5.04. The molecule has 0 aliphatic rings. The van der Waals surface area contributed by atoms with Gasteiger partial charge in [0.2, 0.25) is 0 Å². The van der Waals surface area contributed by atoms with Crippen LogP contribution in [0.25, 0.3) is 11.1 Å². The lowest BCUT2D eigenvalue weighted by atomic mass is 10.00. The van der Waals surface area contributed by atoms with E-state index in [1.807, 2.05) is 54.6 Å². The van der Waals surface area contributed by atoms with Crippen LogP contribution in [0, 0.1) is 0 Å². The van der Waals surface area contributed by atoms with Crippen LogP contribution in [-0.2, 0) is 16.1 Å². The number of aliphatic hydroxyl groups is 1. The van der Waals surface area contributed by atoms with Crippen molar-refractivity contribution in [3.8, 4) is 11.1 Å². The molecule has 134 valence electrons. The lowest BCUT2D eigenvalue weighted by Gasteiger charge is -2.18. The van der Waals surface area contributed by atoms with Crippen molar-refractivity contribution in [3.05, 3.63) is 72.1 Å². The van der Waals surface area contributed by atoms with Crippen molar-refractivity contribution in [1.82, 2.24) is 10.3 Å². The van der Waals surface area contributed by atoms with Crippen LogP contribution in [0.15, 0.2) is 71.7 Å². The molecule has 2 rings (SSSR count). The first kappa shape index (κ1) is 18.9. The summed E-state index contributed by atoms with van der Waals surface area (Å²) in [7, 11) is 1.42. The van der Waals surface area contributed by atoms with Crippen molar-refractivity contribution in [2.75, 3.05) is 7.05 Å². The molecule has 2 aromatic rings. The van der Waals surface area contributed by atoms with Crippen LogP contribution in [0.5, 0.6) is 0 Å². The van der Waals surface area contributed by atoms with Gasteiger partial charge in [-0.05, 0) is 23.6 Å². The van der Waals surface area contributed by atoms with Gasteiger partial charge < -0.3 is 10.4 Å². The topological polar surface area (TPSA) is 82.0 Å². The van der Waals surface area contributed by atoms with Crippen LogP contribution in [0.4, 0.5) is 0 Å². The minimum atomic E-state index is -0.592. The van der Waals surface area contributed by atoms with E-state index in [2.05, 4.69) is 10.4 Å². The number of hydrazone groups is 1. The number of nitrogens with one attached hydrogen (secondary N) is 1. The number of amides is 1. The summed E-state index contributed by atoms with van der Waals surface area (Å²) < 4.78 is 0. The van der Waals surface area contributed by atoms with Gasteiger partial charge in [-0.15, -0.1) is 0 Å². The number of carbonyl (C=O) groups is 2. The molecule has 0 aromatic heterocycles. The Bertz CT molecular complexity index is 825. The summed E-state index contributed by atoms with van der Waals surface area (Å²) in [5, 5.41) is 17.4. The fraction of sp³-hybridized carbons (Fsp3) is 0.150. The van der Waals surface area contributed by atoms with Gasteiger partial charge in [-0.3, -0.25) is 14.6 Å². The van der Waals surface area contributed by atoms with Crippen LogP contribution < -0.4 is 5.32 Å². The van der Waals surface area contributed by atoms with E-state index in [1.54, 1.807) is 0 Å². The number of allylic oxidation sites excluding steroid dienone is 1. The second-order valence-corrected chi connectivity index (χ2v) is 5.57. The van der Waals surface area contributed by atoms with Crippen molar-refractivity contribution < 1.29 is 14.7 Å². The molecule has 0 spiro atoms. The molecule has 2 aromatic carbocycles. The minimum Gasteiger partial charge on any atom is -0.511 e. The number of carbonyl (C=O) groups excluding carboxylic acids is 2. The summed E-state index contributed by atoms with van der Waals surface area (Å²) in [5.41, 5.74) is 2.70. The molecule has 0 aliphatic heterocycles. The fourth-order valence-corrected chi connectivity index (χ4v) is 2.45. The predicted molar refractivity (Wildman–Crippen MR) is 101 cm³/mol. The molecule has 0 atom stereocenters. The van der Waals surface area contributed by atoms with E-state index in [4.69, 9.17) is 0 Å². The van der Waals surface area contributed by atoms with E-state index in [9.17, 15) is 14.7 Å². The van der Waals surface area contributed by atoms with E-state index < -0.39 is 5.91 Å². The molecule has 0 saturated carbocycles. The highest BCUT2D eigenvalue weighted by atomic mass is 16.3.